The fourth-order valence-corrected chi connectivity index (χ4v) is 6.03. The number of carbonyl (C=O) groups excluding carboxylic acids is 2. The summed E-state index contributed by atoms with van der Waals surface area (Å²) in [6.45, 7) is 1.24. The molecule has 1 atom stereocenters. The summed E-state index contributed by atoms with van der Waals surface area (Å²) in [6, 6.07) is 11.0. The number of halogens is 3. The number of hydrogen-bond donors (Lipinski definition) is 1. The zero-order valence-electron chi connectivity index (χ0n) is 20.2. The second-order valence-corrected chi connectivity index (χ2v) is 12.6. The standard InChI is InChI=1S/C25H30BrCl2N3O4S/c1-17(25(33)29-19-8-4-3-5-9-19)30(15-18-12-13-21(27)22(28)14-18)24(32)16-31(36(2,34)35)23-11-7-6-10-20(23)26/h6-7,10-14,17,19H,3-5,8-9,15-16H2,1-2H3,(H,29,33). The van der Waals surface area contributed by atoms with Gasteiger partial charge in [0, 0.05) is 17.1 Å². The number of nitrogens with zero attached hydrogens (tertiary/aromatic N) is 2. The molecule has 7 nitrogen and oxygen atoms in total. The molecule has 1 N–H and O–H groups in total. The minimum absolute atomic E-state index is 0.0581. The maximum absolute atomic E-state index is 13.6. The average Bonchev–Trinajstić information content (AvgIpc) is 2.83. The van der Waals surface area contributed by atoms with E-state index in [1.807, 2.05) is 0 Å². The number of nitrogens with one attached hydrogen (secondary N) is 1. The van der Waals surface area contributed by atoms with Gasteiger partial charge in [0.05, 0.1) is 22.0 Å². The van der Waals surface area contributed by atoms with Crippen LogP contribution in [0.25, 0.3) is 0 Å². The summed E-state index contributed by atoms with van der Waals surface area (Å²) in [4.78, 5) is 28.2. The van der Waals surface area contributed by atoms with Crippen molar-refractivity contribution in [1.82, 2.24) is 10.2 Å². The first-order chi connectivity index (χ1) is 17.0. The summed E-state index contributed by atoms with van der Waals surface area (Å²) in [7, 11) is -3.81. The SMILES string of the molecule is CC(C(=O)NC1CCCCC1)N(Cc1ccc(Cl)c(Cl)c1)C(=O)CN(c1ccccc1Br)S(C)(=O)=O. The van der Waals surface area contributed by atoms with Crippen LogP contribution in [-0.4, -0.2) is 50.0 Å². The third-order valence-electron chi connectivity index (χ3n) is 6.26. The molecule has 2 amide bonds. The van der Waals surface area contributed by atoms with Crippen LogP contribution in [0.2, 0.25) is 10.0 Å². The fraction of sp³-hybridized carbons (Fsp3) is 0.440. The van der Waals surface area contributed by atoms with Crippen molar-refractivity contribution in [2.75, 3.05) is 17.1 Å². The highest BCUT2D eigenvalue weighted by Crippen LogP contribution is 2.28. The summed E-state index contributed by atoms with van der Waals surface area (Å²) >= 11 is 15.6. The van der Waals surface area contributed by atoms with Crippen LogP contribution >= 0.6 is 39.1 Å². The van der Waals surface area contributed by atoms with Gasteiger partial charge in [0.2, 0.25) is 21.8 Å². The normalized spacial score (nSPS) is 15.2. The van der Waals surface area contributed by atoms with Crippen LogP contribution in [0.5, 0.6) is 0 Å². The van der Waals surface area contributed by atoms with Crippen molar-refractivity contribution in [3.63, 3.8) is 0 Å². The van der Waals surface area contributed by atoms with Crippen LogP contribution in [0.15, 0.2) is 46.9 Å². The molecular weight excluding hydrogens is 589 g/mol. The Morgan fingerprint density at radius 3 is 2.36 bits per heavy atom. The summed E-state index contributed by atoms with van der Waals surface area (Å²) in [5.41, 5.74) is 1.00. The molecular formula is C25H30BrCl2N3O4S. The van der Waals surface area contributed by atoms with Crippen molar-refractivity contribution in [3.05, 3.63) is 62.5 Å². The van der Waals surface area contributed by atoms with Gasteiger partial charge in [-0.3, -0.25) is 13.9 Å². The Kier molecular flexibility index (Phi) is 10.1. The Bertz CT molecular complexity index is 1210. The maximum atomic E-state index is 13.6. The Labute approximate surface area is 231 Å². The number of anilines is 1. The first-order valence-electron chi connectivity index (χ1n) is 11.7. The van der Waals surface area contributed by atoms with E-state index in [0.717, 1.165) is 42.7 Å². The summed E-state index contributed by atoms with van der Waals surface area (Å²) in [6.07, 6.45) is 6.12. The van der Waals surface area contributed by atoms with E-state index in [1.165, 1.54) is 4.90 Å². The van der Waals surface area contributed by atoms with Crippen LogP contribution in [0.1, 0.15) is 44.6 Å². The van der Waals surface area contributed by atoms with Crippen LogP contribution in [0.4, 0.5) is 5.69 Å². The fourth-order valence-electron chi connectivity index (χ4n) is 4.23. The molecule has 0 heterocycles. The number of carbonyl (C=O) groups is 2. The van der Waals surface area contributed by atoms with Crippen LogP contribution < -0.4 is 9.62 Å². The third-order valence-corrected chi connectivity index (χ3v) is 8.79. The second-order valence-electron chi connectivity index (χ2n) is 9.01. The highest BCUT2D eigenvalue weighted by atomic mass is 79.9. The van der Waals surface area contributed by atoms with E-state index < -0.39 is 28.5 Å². The Morgan fingerprint density at radius 1 is 1.08 bits per heavy atom. The molecule has 1 unspecified atom stereocenters. The predicted molar refractivity (Wildman–Crippen MR) is 148 cm³/mol. The molecule has 0 saturated heterocycles. The first-order valence-corrected chi connectivity index (χ1v) is 15.1. The van der Waals surface area contributed by atoms with Gasteiger partial charge in [-0.25, -0.2) is 8.42 Å². The van der Waals surface area contributed by atoms with E-state index in [1.54, 1.807) is 49.4 Å². The highest BCUT2D eigenvalue weighted by Gasteiger charge is 2.31. The highest BCUT2D eigenvalue weighted by molar-refractivity contribution is 9.10. The Morgan fingerprint density at radius 2 is 1.75 bits per heavy atom. The van der Waals surface area contributed by atoms with Crippen LogP contribution in [0, 0.1) is 0 Å². The molecule has 2 aromatic rings. The Hall–Kier alpha value is -1.81. The number of para-hydroxylation sites is 1. The molecule has 0 aliphatic heterocycles. The van der Waals surface area contributed by atoms with E-state index in [4.69, 9.17) is 23.2 Å². The van der Waals surface area contributed by atoms with E-state index >= 15 is 0 Å². The lowest BCUT2D eigenvalue weighted by atomic mass is 9.95. The molecule has 0 radical (unpaired) electrons. The monoisotopic (exact) mass is 617 g/mol. The summed E-state index contributed by atoms with van der Waals surface area (Å²) < 4.78 is 26.9. The number of benzene rings is 2. The lowest BCUT2D eigenvalue weighted by Gasteiger charge is -2.33. The summed E-state index contributed by atoms with van der Waals surface area (Å²) in [5.74, 6) is -0.796. The molecule has 2 aromatic carbocycles. The van der Waals surface area contributed by atoms with E-state index in [0.29, 0.717) is 25.8 Å². The smallest absolute Gasteiger partial charge is 0.244 e. The molecule has 0 bridgehead atoms. The molecule has 11 heteroatoms. The van der Waals surface area contributed by atoms with Gasteiger partial charge in [0.15, 0.2) is 0 Å². The van der Waals surface area contributed by atoms with Gasteiger partial charge >= 0.3 is 0 Å². The quantitative estimate of drug-likeness (QED) is 0.408. The van der Waals surface area contributed by atoms with Crippen molar-refractivity contribution < 1.29 is 18.0 Å². The van der Waals surface area contributed by atoms with Gasteiger partial charge in [-0.1, -0.05) is 60.7 Å². The molecule has 3 rings (SSSR count). The van der Waals surface area contributed by atoms with Crippen LogP contribution in [-0.2, 0) is 26.2 Å². The van der Waals surface area contributed by atoms with Gasteiger partial charge < -0.3 is 10.2 Å². The second kappa shape index (κ2) is 12.6. The molecule has 1 aliphatic rings. The molecule has 36 heavy (non-hydrogen) atoms. The third kappa shape index (κ3) is 7.60. The minimum atomic E-state index is -3.81. The lowest BCUT2D eigenvalue weighted by Crippen LogP contribution is -2.53. The predicted octanol–water partition coefficient (Wildman–Crippen LogP) is 5.39. The molecule has 1 saturated carbocycles. The van der Waals surface area contributed by atoms with Crippen molar-refractivity contribution >= 4 is 66.7 Å². The largest absolute Gasteiger partial charge is 0.352 e. The number of hydrogen-bond acceptors (Lipinski definition) is 4. The van der Waals surface area contributed by atoms with Crippen molar-refractivity contribution in [3.8, 4) is 0 Å². The van der Waals surface area contributed by atoms with Crippen LogP contribution in [0.3, 0.4) is 0 Å². The lowest BCUT2D eigenvalue weighted by molar-refractivity contribution is -0.139. The summed E-state index contributed by atoms with van der Waals surface area (Å²) in [5, 5.41) is 3.76. The van der Waals surface area contributed by atoms with Crippen molar-refractivity contribution in [1.29, 1.82) is 0 Å². The molecule has 0 aromatic heterocycles. The first kappa shape index (κ1) is 28.8. The topological polar surface area (TPSA) is 86.8 Å². The van der Waals surface area contributed by atoms with Gasteiger partial charge in [-0.15, -0.1) is 0 Å². The molecule has 1 aliphatic carbocycles. The van der Waals surface area contributed by atoms with Gasteiger partial charge in [0.1, 0.15) is 12.6 Å². The van der Waals surface area contributed by atoms with Gasteiger partial charge in [-0.05, 0) is 65.5 Å². The number of rotatable bonds is 9. The van der Waals surface area contributed by atoms with E-state index in [-0.39, 0.29) is 18.5 Å². The van der Waals surface area contributed by atoms with Gasteiger partial charge in [0.25, 0.3) is 0 Å². The molecule has 1 fully saturated rings. The maximum Gasteiger partial charge on any atom is 0.244 e. The zero-order chi connectivity index (χ0) is 26.5. The zero-order valence-corrected chi connectivity index (χ0v) is 24.1. The van der Waals surface area contributed by atoms with E-state index in [2.05, 4.69) is 21.2 Å². The number of amides is 2. The Balaban J connectivity index is 1.90. The van der Waals surface area contributed by atoms with Gasteiger partial charge in [-0.2, -0.15) is 0 Å². The average molecular weight is 619 g/mol. The van der Waals surface area contributed by atoms with Crippen molar-refractivity contribution in [2.24, 2.45) is 0 Å². The molecule has 0 spiro atoms. The number of sulfonamides is 1. The van der Waals surface area contributed by atoms with Crippen molar-refractivity contribution in [2.45, 2.75) is 57.7 Å². The molecule has 196 valence electrons. The van der Waals surface area contributed by atoms with E-state index in [9.17, 15) is 18.0 Å². The minimum Gasteiger partial charge on any atom is -0.352 e.